The molecule has 0 radical (unpaired) electrons. The Morgan fingerprint density at radius 3 is 2.79 bits per heavy atom. The topological polar surface area (TPSA) is 58.9 Å². The zero-order valence-electron chi connectivity index (χ0n) is 7.06. The SMILES string of the molecule is O=[N+]([O-])c1cc(=S)[nH]c2ccccc12. The third-order valence-electron chi connectivity index (χ3n) is 1.93. The van der Waals surface area contributed by atoms with Crippen LogP contribution in [-0.4, -0.2) is 9.91 Å². The normalized spacial score (nSPS) is 10.3. The number of aromatic nitrogens is 1. The molecular weight excluding hydrogens is 200 g/mol. The molecule has 2 aromatic rings. The monoisotopic (exact) mass is 206 g/mol. The highest BCUT2D eigenvalue weighted by Crippen LogP contribution is 2.23. The van der Waals surface area contributed by atoms with Gasteiger partial charge in [0, 0.05) is 0 Å². The number of pyridine rings is 1. The zero-order valence-corrected chi connectivity index (χ0v) is 7.88. The fourth-order valence-corrected chi connectivity index (χ4v) is 1.56. The third kappa shape index (κ3) is 1.38. The summed E-state index contributed by atoms with van der Waals surface area (Å²) in [7, 11) is 0. The maximum absolute atomic E-state index is 10.7. The number of para-hydroxylation sites is 1. The van der Waals surface area contributed by atoms with Gasteiger partial charge in [-0.15, -0.1) is 0 Å². The molecule has 4 nitrogen and oxygen atoms in total. The summed E-state index contributed by atoms with van der Waals surface area (Å²) in [5.74, 6) is 0. The lowest BCUT2D eigenvalue weighted by molar-refractivity contribution is -0.383. The highest BCUT2D eigenvalue weighted by atomic mass is 32.1. The van der Waals surface area contributed by atoms with Gasteiger partial charge in [0.15, 0.2) is 0 Å². The maximum Gasteiger partial charge on any atom is 0.281 e. The number of rotatable bonds is 1. The first-order valence-corrected chi connectivity index (χ1v) is 4.36. The van der Waals surface area contributed by atoms with Crippen molar-refractivity contribution in [3.05, 3.63) is 45.1 Å². The third-order valence-corrected chi connectivity index (χ3v) is 2.15. The fourth-order valence-electron chi connectivity index (χ4n) is 1.34. The van der Waals surface area contributed by atoms with Crippen molar-refractivity contribution in [1.29, 1.82) is 0 Å². The Morgan fingerprint density at radius 1 is 1.36 bits per heavy atom. The van der Waals surface area contributed by atoms with Gasteiger partial charge in [0.1, 0.15) is 4.64 Å². The molecule has 0 amide bonds. The number of aromatic amines is 1. The van der Waals surface area contributed by atoms with Crippen LogP contribution in [0.5, 0.6) is 0 Å². The average molecular weight is 206 g/mol. The van der Waals surface area contributed by atoms with E-state index in [2.05, 4.69) is 4.98 Å². The first-order chi connectivity index (χ1) is 6.68. The molecule has 1 heterocycles. The van der Waals surface area contributed by atoms with E-state index < -0.39 is 4.92 Å². The lowest BCUT2D eigenvalue weighted by Crippen LogP contribution is -1.91. The minimum absolute atomic E-state index is 0.0457. The van der Waals surface area contributed by atoms with E-state index >= 15 is 0 Å². The van der Waals surface area contributed by atoms with Gasteiger partial charge in [-0.1, -0.05) is 24.4 Å². The van der Waals surface area contributed by atoms with Gasteiger partial charge in [-0.3, -0.25) is 10.1 Å². The van der Waals surface area contributed by atoms with Gasteiger partial charge < -0.3 is 4.98 Å². The molecular formula is C9H6N2O2S. The lowest BCUT2D eigenvalue weighted by Gasteiger charge is -1.98. The Morgan fingerprint density at radius 2 is 2.07 bits per heavy atom. The number of benzene rings is 1. The number of nitro groups is 1. The second kappa shape index (κ2) is 3.19. The Balaban J connectivity index is 2.94. The molecule has 0 aliphatic heterocycles. The van der Waals surface area contributed by atoms with Gasteiger partial charge in [0.2, 0.25) is 0 Å². The molecule has 0 aliphatic rings. The predicted octanol–water partition coefficient (Wildman–Crippen LogP) is 2.81. The number of H-pyrrole nitrogens is 1. The lowest BCUT2D eigenvalue weighted by atomic mass is 10.2. The van der Waals surface area contributed by atoms with Crippen molar-refractivity contribution in [2.75, 3.05) is 0 Å². The van der Waals surface area contributed by atoms with Crippen LogP contribution < -0.4 is 0 Å². The molecule has 0 saturated heterocycles. The van der Waals surface area contributed by atoms with Crippen LogP contribution in [0, 0.1) is 14.8 Å². The van der Waals surface area contributed by atoms with Crippen LogP contribution in [0.3, 0.4) is 0 Å². The Hall–Kier alpha value is -1.75. The van der Waals surface area contributed by atoms with Crippen molar-refractivity contribution in [1.82, 2.24) is 4.98 Å². The summed E-state index contributed by atoms with van der Waals surface area (Å²) in [4.78, 5) is 13.2. The van der Waals surface area contributed by atoms with Crippen molar-refractivity contribution >= 4 is 28.8 Å². The van der Waals surface area contributed by atoms with Crippen LogP contribution in [0.25, 0.3) is 10.9 Å². The predicted molar refractivity (Wildman–Crippen MR) is 55.8 cm³/mol. The van der Waals surface area contributed by atoms with E-state index in [0.717, 1.165) is 0 Å². The number of nitrogens with zero attached hydrogens (tertiary/aromatic N) is 1. The maximum atomic E-state index is 10.7. The summed E-state index contributed by atoms with van der Waals surface area (Å²) in [5, 5.41) is 11.3. The number of nitrogens with one attached hydrogen (secondary N) is 1. The first kappa shape index (κ1) is 8.83. The molecule has 1 aromatic carbocycles. The van der Waals surface area contributed by atoms with Crippen LogP contribution in [-0.2, 0) is 0 Å². The summed E-state index contributed by atoms with van der Waals surface area (Å²) in [6, 6.07) is 8.37. The van der Waals surface area contributed by atoms with Gasteiger partial charge >= 0.3 is 0 Å². The molecule has 70 valence electrons. The van der Waals surface area contributed by atoms with Crippen molar-refractivity contribution in [3.63, 3.8) is 0 Å². The van der Waals surface area contributed by atoms with Crippen molar-refractivity contribution in [2.45, 2.75) is 0 Å². The highest BCUT2D eigenvalue weighted by Gasteiger charge is 2.10. The van der Waals surface area contributed by atoms with Crippen LogP contribution >= 0.6 is 12.2 Å². The van der Waals surface area contributed by atoms with Gasteiger partial charge in [0.05, 0.1) is 21.9 Å². The van der Waals surface area contributed by atoms with Gasteiger partial charge in [-0.05, 0) is 12.1 Å². The molecule has 0 saturated carbocycles. The Kier molecular flexibility index (Phi) is 2.01. The van der Waals surface area contributed by atoms with Crippen molar-refractivity contribution in [3.8, 4) is 0 Å². The van der Waals surface area contributed by atoms with E-state index in [-0.39, 0.29) is 5.69 Å². The van der Waals surface area contributed by atoms with Crippen molar-refractivity contribution < 1.29 is 4.92 Å². The summed E-state index contributed by atoms with van der Waals surface area (Å²) in [6.45, 7) is 0. The van der Waals surface area contributed by atoms with Crippen LogP contribution in [0.1, 0.15) is 0 Å². The smallest absolute Gasteiger partial charge is 0.281 e. The van der Waals surface area contributed by atoms with E-state index in [9.17, 15) is 10.1 Å². The summed E-state index contributed by atoms with van der Waals surface area (Å²) in [5.41, 5.74) is 0.732. The minimum Gasteiger partial charge on any atom is -0.346 e. The zero-order chi connectivity index (χ0) is 10.1. The molecule has 14 heavy (non-hydrogen) atoms. The summed E-state index contributed by atoms with van der Waals surface area (Å²) in [6.07, 6.45) is 0. The van der Waals surface area contributed by atoms with Gasteiger partial charge in [-0.25, -0.2) is 0 Å². The minimum atomic E-state index is -0.425. The quantitative estimate of drug-likeness (QED) is 0.443. The van der Waals surface area contributed by atoms with E-state index in [0.29, 0.717) is 15.5 Å². The van der Waals surface area contributed by atoms with Crippen LogP contribution in [0.4, 0.5) is 5.69 Å². The molecule has 0 unspecified atom stereocenters. The number of fused-ring (bicyclic) bond motifs is 1. The van der Waals surface area contributed by atoms with Crippen LogP contribution in [0.2, 0.25) is 0 Å². The highest BCUT2D eigenvalue weighted by molar-refractivity contribution is 7.71. The van der Waals surface area contributed by atoms with E-state index in [1.165, 1.54) is 6.07 Å². The molecule has 1 N–H and O–H groups in total. The summed E-state index contributed by atoms with van der Waals surface area (Å²) >= 11 is 4.89. The second-order valence-corrected chi connectivity index (χ2v) is 3.26. The molecule has 0 fully saturated rings. The van der Waals surface area contributed by atoms with Gasteiger partial charge in [-0.2, -0.15) is 0 Å². The molecule has 5 heteroatoms. The summed E-state index contributed by atoms with van der Waals surface area (Å²) < 4.78 is 0.371. The molecule has 0 bridgehead atoms. The Bertz CT molecular complexity index is 562. The van der Waals surface area contributed by atoms with E-state index in [1.54, 1.807) is 24.3 Å². The van der Waals surface area contributed by atoms with Crippen molar-refractivity contribution in [2.24, 2.45) is 0 Å². The molecule has 2 rings (SSSR count). The molecule has 0 atom stereocenters. The van der Waals surface area contributed by atoms with E-state index in [1.807, 2.05) is 0 Å². The second-order valence-electron chi connectivity index (χ2n) is 2.82. The average Bonchev–Trinajstić information content (AvgIpc) is 2.16. The first-order valence-electron chi connectivity index (χ1n) is 3.95. The standard InChI is InChI=1S/C9H6N2O2S/c12-11(13)8-5-9(14)10-7-4-2-1-3-6(7)8/h1-5H,(H,10,14). The van der Waals surface area contributed by atoms with Gasteiger partial charge in [0.25, 0.3) is 5.69 Å². The molecule has 0 spiro atoms. The van der Waals surface area contributed by atoms with Crippen LogP contribution in [0.15, 0.2) is 30.3 Å². The molecule has 1 aromatic heterocycles. The van der Waals surface area contributed by atoms with E-state index in [4.69, 9.17) is 12.2 Å². The molecule has 0 aliphatic carbocycles. The largest absolute Gasteiger partial charge is 0.346 e. The number of hydrogen-bond donors (Lipinski definition) is 1. The number of hydrogen-bond acceptors (Lipinski definition) is 3. The fraction of sp³-hybridized carbons (Fsp3) is 0. The Labute approximate surface area is 84.3 Å².